The van der Waals surface area contributed by atoms with Gasteiger partial charge in [-0.15, -0.1) is 11.3 Å². The van der Waals surface area contributed by atoms with Gasteiger partial charge in [-0.3, -0.25) is 0 Å². The molecule has 92 valence electrons. The molecule has 4 rings (SSSR count). The summed E-state index contributed by atoms with van der Waals surface area (Å²) >= 11 is 5.43. The Balaban J connectivity index is 2.28. The summed E-state index contributed by atoms with van der Waals surface area (Å²) in [5.41, 5.74) is 1.39. The summed E-state index contributed by atoms with van der Waals surface area (Å²) in [7, 11) is 0. The summed E-state index contributed by atoms with van der Waals surface area (Å²) in [5, 5.41) is 9.95. The molecule has 0 unspecified atom stereocenters. The fourth-order valence-electron chi connectivity index (χ4n) is 2.79. The van der Waals surface area contributed by atoms with Crippen LogP contribution in [0.2, 0.25) is 0 Å². The lowest BCUT2D eigenvalue weighted by molar-refractivity contribution is 1.56. The van der Waals surface area contributed by atoms with E-state index in [1.807, 2.05) is 11.3 Å². The summed E-state index contributed by atoms with van der Waals surface area (Å²) in [6, 6.07) is 17.6. The molecule has 0 atom stereocenters. The van der Waals surface area contributed by atoms with Crippen molar-refractivity contribution in [3.8, 4) is 0 Å². The molecule has 0 spiro atoms. The van der Waals surface area contributed by atoms with Gasteiger partial charge in [0.05, 0.1) is 0 Å². The molecule has 0 saturated carbocycles. The standard InChI is InChI=1S/C17H11BrS/c18-9-12-10-19-16-8-7-14-13-4-2-1-3-11(13)5-6-15(14)17(12)16/h1-8,10H,9H2. The number of halogens is 1. The lowest BCUT2D eigenvalue weighted by Gasteiger charge is -2.06. The third kappa shape index (κ3) is 1.63. The summed E-state index contributed by atoms with van der Waals surface area (Å²) in [4.78, 5) is 0. The lowest BCUT2D eigenvalue weighted by atomic mass is 9.99. The zero-order valence-electron chi connectivity index (χ0n) is 10.2. The van der Waals surface area contributed by atoms with Crippen LogP contribution < -0.4 is 0 Å². The van der Waals surface area contributed by atoms with E-state index in [1.54, 1.807) is 0 Å². The van der Waals surface area contributed by atoms with Crippen LogP contribution in [0, 0.1) is 0 Å². The van der Waals surface area contributed by atoms with Gasteiger partial charge in [-0.1, -0.05) is 58.4 Å². The van der Waals surface area contributed by atoms with Crippen LogP contribution in [0.1, 0.15) is 5.56 Å². The molecule has 0 fully saturated rings. The topological polar surface area (TPSA) is 0 Å². The van der Waals surface area contributed by atoms with Crippen LogP contribution in [0.3, 0.4) is 0 Å². The molecule has 19 heavy (non-hydrogen) atoms. The first-order valence-corrected chi connectivity index (χ1v) is 8.25. The Labute approximate surface area is 123 Å². The molecule has 0 bridgehead atoms. The Morgan fingerprint density at radius 2 is 1.68 bits per heavy atom. The van der Waals surface area contributed by atoms with E-state index in [-0.39, 0.29) is 0 Å². The van der Waals surface area contributed by atoms with Crippen molar-refractivity contribution in [3.63, 3.8) is 0 Å². The van der Waals surface area contributed by atoms with Crippen LogP contribution >= 0.6 is 27.3 Å². The van der Waals surface area contributed by atoms with Crippen LogP contribution in [0.5, 0.6) is 0 Å². The van der Waals surface area contributed by atoms with Gasteiger partial charge >= 0.3 is 0 Å². The van der Waals surface area contributed by atoms with Crippen molar-refractivity contribution in [3.05, 3.63) is 59.5 Å². The maximum atomic E-state index is 3.60. The smallest absolute Gasteiger partial charge is 0.0352 e. The minimum Gasteiger partial charge on any atom is -0.143 e. The van der Waals surface area contributed by atoms with Crippen molar-refractivity contribution < 1.29 is 0 Å². The molecule has 1 heterocycles. The second-order valence-electron chi connectivity index (χ2n) is 4.72. The van der Waals surface area contributed by atoms with E-state index in [0.717, 1.165) is 5.33 Å². The minimum absolute atomic E-state index is 0.916. The molecule has 4 aromatic rings. The van der Waals surface area contributed by atoms with Gasteiger partial charge in [-0.05, 0) is 38.6 Å². The van der Waals surface area contributed by atoms with Crippen molar-refractivity contribution in [2.24, 2.45) is 0 Å². The van der Waals surface area contributed by atoms with Crippen LogP contribution in [-0.4, -0.2) is 0 Å². The molecule has 3 aromatic carbocycles. The molecule has 2 heteroatoms. The van der Waals surface area contributed by atoms with Gasteiger partial charge in [0.25, 0.3) is 0 Å². The van der Waals surface area contributed by atoms with E-state index >= 15 is 0 Å². The van der Waals surface area contributed by atoms with Crippen molar-refractivity contribution in [2.45, 2.75) is 5.33 Å². The highest BCUT2D eigenvalue weighted by Crippen LogP contribution is 2.36. The number of alkyl halides is 1. The van der Waals surface area contributed by atoms with E-state index in [4.69, 9.17) is 0 Å². The molecular weight excluding hydrogens is 316 g/mol. The Morgan fingerprint density at radius 3 is 2.58 bits per heavy atom. The van der Waals surface area contributed by atoms with Crippen LogP contribution in [0.25, 0.3) is 31.6 Å². The van der Waals surface area contributed by atoms with E-state index in [0.29, 0.717) is 0 Å². The summed E-state index contributed by atoms with van der Waals surface area (Å²) in [6.45, 7) is 0. The Kier molecular flexibility index (Phi) is 2.61. The molecule has 0 N–H and O–H groups in total. The molecule has 0 radical (unpaired) electrons. The third-order valence-electron chi connectivity index (χ3n) is 3.68. The SMILES string of the molecule is BrCc1csc2ccc3c4ccccc4ccc3c12. The summed E-state index contributed by atoms with van der Waals surface area (Å²) in [5.74, 6) is 0. The van der Waals surface area contributed by atoms with E-state index in [9.17, 15) is 0 Å². The van der Waals surface area contributed by atoms with Gasteiger partial charge in [0, 0.05) is 15.4 Å². The maximum Gasteiger partial charge on any atom is 0.0352 e. The van der Waals surface area contributed by atoms with Gasteiger partial charge < -0.3 is 0 Å². The van der Waals surface area contributed by atoms with Gasteiger partial charge in [-0.25, -0.2) is 0 Å². The average molecular weight is 327 g/mol. The minimum atomic E-state index is 0.916. The van der Waals surface area contributed by atoms with Crippen LogP contribution in [0.15, 0.2) is 53.9 Å². The van der Waals surface area contributed by atoms with Crippen LogP contribution in [0.4, 0.5) is 0 Å². The molecule has 0 aliphatic heterocycles. The molecule has 1 aromatic heterocycles. The van der Waals surface area contributed by atoms with Gasteiger partial charge in [-0.2, -0.15) is 0 Å². The molecule has 0 aliphatic rings. The Bertz CT molecular complexity index is 905. The lowest BCUT2D eigenvalue weighted by Crippen LogP contribution is -1.80. The van der Waals surface area contributed by atoms with Gasteiger partial charge in [0.15, 0.2) is 0 Å². The molecule has 0 amide bonds. The Morgan fingerprint density at radius 1 is 0.842 bits per heavy atom. The average Bonchev–Trinajstić information content (AvgIpc) is 2.90. The fourth-order valence-corrected chi connectivity index (χ4v) is 4.42. The first-order valence-electron chi connectivity index (χ1n) is 6.25. The first-order chi connectivity index (χ1) is 9.38. The van der Waals surface area contributed by atoms with E-state index in [1.165, 1.54) is 37.2 Å². The first kappa shape index (κ1) is 11.4. The number of thiophene rings is 1. The highest BCUT2D eigenvalue weighted by atomic mass is 79.9. The van der Waals surface area contributed by atoms with E-state index in [2.05, 4.69) is 69.8 Å². The number of benzene rings is 3. The maximum absolute atomic E-state index is 3.60. The number of fused-ring (bicyclic) bond motifs is 5. The van der Waals surface area contributed by atoms with Crippen LogP contribution in [-0.2, 0) is 5.33 Å². The predicted octanol–water partition coefficient (Wildman–Crippen LogP) is 6.10. The van der Waals surface area contributed by atoms with Gasteiger partial charge in [0.2, 0.25) is 0 Å². The van der Waals surface area contributed by atoms with E-state index < -0.39 is 0 Å². The number of rotatable bonds is 1. The normalized spacial score (nSPS) is 11.6. The second kappa shape index (κ2) is 4.32. The highest BCUT2D eigenvalue weighted by molar-refractivity contribution is 9.08. The van der Waals surface area contributed by atoms with Crippen molar-refractivity contribution >= 4 is 58.9 Å². The largest absolute Gasteiger partial charge is 0.143 e. The number of hydrogen-bond donors (Lipinski definition) is 0. The monoisotopic (exact) mass is 326 g/mol. The predicted molar refractivity (Wildman–Crippen MR) is 89.5 cm³/mol. The highest BCUT2D eigenvalue weighted by Gasteiger charge is 2.09. The fraction of sp³-hybridized carbons (Fsp3) is 0.0588. The third-order valence-corrected chi connectivity index (χ3v) is 5.28. The number of hydrogen-bond acceptors (Lipinski definition) is 1. The zero-order chi connectivity index (χ0) is 12.8. The van der Waals surface area contributed by atoms with Crippen molar-refractivity contribution in [2.75, 3.05) is 0 Å². The zero-order valence-corrected chi connectivity index (χ0v) is 12.6. The van der Waals surface area contributed by atoms with Crippen molar-refractivity contribution in [1.82, 2.24) is 0 Å². The van der Waals surface area contributed by atoms with Gasteiger partial charge in [0.1, 0.15) is 0 Å². The molecule has 0 nitrogen and oxygen atoms in total. The summed E-state index contributed by atoms with van der Waals surface area (Å²) < 4.78 is 1.37. The molecular formula is C17H11BrS. The summed E-state index contributed by atoms with van der Waals surface area (Å²) in [6.07, 6.45) is 0. The second-order valence-corrected chi connectivity index (χ2v) is 6.19. The Hall–Kier alpha value is -1.38. The quantitative estimate of drug-likeness (QED) is 0.293. The molecule has 0 aliphatic carbocycles. The van der Waals surface area contributed by atoms with Crippen molar-refractivity contribution in [1.29, 1.82) is 0 Å². The molecule has 0 saturated heterocycles.